The zero-order chi connectivity index (χ0) is 16.9. The van der Waals surface area contributed by atoms with Crippen LogP contribution in [0.2, 0.25) is 0 Å². The van der Waals surface area contributed by atoms with Crippen LogP contribution >= 0.6 is 0 Å². The first-order valence-corrected chi connectivity index (χ1v) is 7.47. The molecule has 126 valence electrons. The largest absolute Gasteiger partial charge is 0.453 e. The molecular formula is C14H14F3N7. The van der Waals surface area contributed by atoms with Crippen LogP contribution in [0.15, 0.2) is 18.6 Å². The monoisotopic (exact) mass is 337 g/mol. The predicted molar refractivity (Wildman–Crippen MR) is 78.5 cm³/mol. The molecule has 0 amide bonds. The van der Waals surface area contributed by atoms with Gasteiger partial charge in [0, 0.05) is 42.7 Å². The van der Waals surface area contributed by atoms with E-state index in [4.69, 9.17) is 0 Å². The third kappa shape index (κ3) is 2.57. The Balaban J connectivity index is 1.67. The van der Waals surface area contributed by atoms with E-state index in [0.717, 1.165) is 29.6 Å². The molecule has 4 heterocycles. The van der Waals surface area contributed by atoms with Crippen LogP contribution in [0, 0.1) is 6.92 Å². The normalized spacial score (nSPS) is 17.9. The summed E-state index contributed by atoms with van der Waals surface area (Å²) in [6.07, 6.45) is 0.568. The number of alkyl halides is 3. The minimum Gasteiger partial charge on any atom is -0.367 e. The predicted octanol–water partition coefficient (Wildman–Crippen LogP) is 2.07. The second-order valence-electron chi connectivity index (χ2n) is 5.84. The number of aryl methyl sites for hydroxylation is 2. The van der Waals surface area contributed by atoms with Crippen molar-refractivity contribution >= 4 is 11.6 Å². The maximum atomic E-state index is 12.9. The van der Waals surface area contributed by atoms with E-state index in [1.165, 1.54) is 0 Å². The van der Waals surface area contributed by atoms with E-state index in [2.05, 4.69) is 29.9 Å². The van der Waals surface area contributed by atoms with Gasteiger partial charge in [0.25, 0.3) is 11.6 Å². The Morgan fingerprint density at radius 3 is 2.92 bits per heavy atom. The molecule has 0 saturated heterocycles. The van der Waals surface area contributed by atoms with Crippen molar-refractivity contribution in [2.45, 2.75) is 38.5 Å². The first-order valence-electron chi connectivity index (χ1n) is 7.47. The highest BCUT2D eigenvalue weighted by Crippen LogP contribution is 2.27. The van der Waals surface area contributed by atoms with E-state index in [1.807, 2.05) is 0 Å². The third-order valence-electron chi connectivity index (χ3n) is 4.02. The maximum Gasteiger partial charge on any atom is 0.453 e. The Kier molecular flexibility index (Phi) is 3.22. The Bertz CT molecular complexity index is 896. The van der Waals surface area contributed by atoms with Gasteiger partial charge in [0.05, 0.1) is 6.33 Å². The first kappa shape index (κ1) is 14.9. The highest BCUT2D eigenvalue weighted by atomic mass is 19.4. The topological polar surface area (TPSA) is 72.9 Å². The fourth-order valence-corrected chi connectivity index (χ4v) is 2.91. The number of hydrogen-bond donors (Lipinski definition) is 1. The van der Waals surface area contributed by atoms with Crippen LogP contribution in [0.4, 0.5) is 19.0 Å². The van der Waals surface area contributed by atoms with Crippen LogP contribution in [0.3, 0.4) is 0 Å². The summed E-state index contributed by atoms with van der Waals surface area (Å²) in [4.78, 5) is 11.6. The number of imidazole rings is 1. The molecule has 0 bridgehead atoms. The zero-order valence-electron chi connectivity index (χ0n) is 12.7. The van der Waals surface area contributed by atoms with Gasteiger partial charge in [0.15, 0.2) is 0 Å². The van der Waals surface area contributed by atoms with Crippen molar-refractivity contribution < 1.29 is 13.2 Å². The van der Waals surface area contributed by atoms with Crippen LogP contribution in [0.25, 0.3) is 5.78 Å². The zero-order valence-corrected chi connectivity index (χ0v) is 12.7. The van der Waals surface area contributed by atoms with Gasteiger partial charge < -0.3 is 9.88 Å². The number of aromatic nitrogens is 6. The molecule has 4 rings (SSSR count). The minimum absolute atomic E-state index is 0.0642. The van der Waals surface area contributed by atoms with E-state index < -0.39 is 12.0 Å². The van der Waals surface area contributed by atoms with Crippen molar-refractivity contribution in [1.82, 2.24) is 29.1 Å². The number of halogens is 3. The molecule has 0 radical (unpaired) electrons. The standard InChI is InChI=1S/C14H14F3N7/c1-8-4-11(20-9-2-3-23-7-18-6-10(23)5-9)24-13(19-8)21-12(22-24)14(15,16)17/h4,6-7,9,20H,2-3,5H2,1H3. The molecule has 1 unspecified atom stereocenters. The molecule has 0 aliphatic carbocycles. The minimum atomic E-state index is -4.60. The number of anilines is 1. The van der Waals surface area contributed by atoms with E-state index >= 15 is 0 Å². The summed E-state index contributed by atoms with van der Waals surface area (Å²) < 4.78 is 41.7. The molecule has 1 aliphatic rings. The van der Waals surface area contributed by atoms with Gasteiger partial charge in [-0.2, -0.15) is 22.7 Å². The first-order chi connectivity index (χ1) is 11.4. The summed E-state index contributed by atoms with van der Waals surface area (Å²) in [7, 11) is 0. The lowest BCUT2D eigenvalue weighted by atomic mass is 10.0. The van der Waals surface area contributed by atoms with Gasteiger partial charge in [-0.1, -0.05) is 0 Å². The average molecular weight is 337 g/mol. The van der Waals surface area contributed by atoms with Crippen molar-refractivity contribution in [3.05, 3.63) is 35.8 Å². The molecule has 7 nitrogen and oxygen atoms in total. The van der Waals surface area contributed by atoms with Gasteiger partial charge in [-0.25, -0.2) is 9.97 Å². The number of nitrogens with zero attached hydrogens (tertiary/aromatic N) is 6. The Hall–Kier alpha value is -2.65. The van der Waals surface area contributed by atoms with Gasteiger partial charge in [-0.3, -0.25) is 0 Å². The van der Waals surface area contributed by atoms with Crippen LogP contribution in [0.5, 0.6) is 0 Å². The maximum absolute atomic E-state index is 12.9. The third-order valence-corrected chi connectivity index (χ3v) is 4.02. The molecule has 0 spiro atoms. The van der Waals surface area contributed by atoms with Gasteiger partial charge in [-0.15, -0.1) is 5.10 Å². The molecule has 0 fully saturated rings. The molecule has 1 atom stereocenters. The molecule has 3 aromatic heterocycles. The molecule has 3 aromatic rings. The van der Waals surface area contributed by atoms with Crippen LogP contribution in [-0.2, 0) is 19.1 Å². The van der Waals surface area contributed by atoms with E-state index in [9.17, 15) is 13.2 Å². The molecule has 0 saturated carbocycles. The molecule has 0 aromatic carbocycles. The number of fused-ring (bicyclic) bond motifs is 2. The van der Waals surface area contributed by atoms with Gasteiger partial charge >= 0.3 is 6.18 Å². The second-order valence-corrected chi connectivity index (χ2v) is 5.84. The summed E-state index contributed by atoms with van der Waals surface area (Å²) in [5.41, 5.74) is 1.67. The van der Waals surface area contributed by atoms with Crippen molar-refractivity contribution in [1.29, 1.82) is 0 Å². The molecule has 1 aliphatic heterocycles. The number of nitrogens with one attached hydrogen (secondary N) is 1. The fourth-order valence-electron chi connectivity index (χ4n) is 2.91. The lowest BCUT2D eigenvalue weighted by molar-refractivity contribution is -0.144. The average Bonchev–Trinajstić information content (AvgIpc) is 3.12. The number of hydrogen-bond acceptors (Lipinski definition) is 5. The van der Waals surface area contributed by atoms with Gasteiger partial charge in [0.2, 0.25) is 0 Å². The Labute approximate surface area is 134 Å². The molecular weight excluding hydrogens is 323 g/mol. The lowest BCUT2D eigenvalue weighted by Gasteiger charge is -2.25. The highest BCUT2D eigenvalue weighted by Gasteiger charge is 2.37. The van der Waals surface area contributed by atoms with Gasteiger partial charge in [-0.05, 0) is 13.3 Å². The highest BCUT2D eigenvalue weighted by molar-refractivity contribution is 5.46. The SMILES string of the molecule is Cc1cc(NC2CCn3cncc3C2)n2nc(C(F)(F)F)nc2n1. The Morgan fingerprint density at radius 2 is 2.12 bits per heavy atom. The van der Waals surface area contributed by atoms with E-state index in [0.29, 0.717) is 11.5 Å². The fraction of sp³-hybridized carbons (Fsp3) is 0.429. The van der Waals surface area contributed by atoms with Crippen LogP contribution in [-0.4, -0.2) is 35.2 Å². The number of rotatable bonds is 2. The molecule has 10 heteroatoms. The summed E-state index contributed by atoms with van der Waals surface area (Å²) in [6, 6.07) is 1.76. The van der Waals surface area contributed by atoms with Crippen molar-refractivity contribution in [2.75, 3.05) is 5.32 Å². The Morgan fingerprint density at radius 1 is 1.29 bits per heavy atom. The van der Waals surface area contributed by atoms with Crippen molar-refractivity contribution in [3.63, 3.8) is 0 Å². The summed E-state index contributed by atoms with van der Waals surface area (Å²) in [5, 5.41) is 6.84. The molecule has 1 N–H and O–H groups in total. The second kappa shape index (κ2) is 5.18. The smallest absolute Gasteiger partial charge is 0.367 e. The summed E-state index contributed by atoms with van der Waals surface area (Å²) in [5.74, 6) is -0.797. The van der Waals surface area contributed by atoms with Crippen molar-refractivity contribution in [2.24, 2.45) is 0 Å². The van der Waals surface area contributed by atoms with Crippen LogP contribution in [0.1, 0.15) is 23.6 Å². The summed E-state index contributed by atoms with van der Waals surface area (Å²) in [6.45, 7) is 2.52. The molecule has 24 heavy (non-hydrogen) atoms. The van der Waals surface area contributed by atoms with E-state index in [1.54, 1.807) is 25.5 Å². The van der Waals surface area contributed by atoms with Crippen molar-refractivity contribution in [3.8, 4) is 0 Å². The lowest BCUT2D eigenvalue weighted by Crippen LogP contribution is -2.30. The van der Waals surface area contributed by atoms with Crippen LogP contribution < -0.4 is 5.32 Å². The van der Waals surface area contributed by atoms with E-state index in [-0.39, 0.29) is 11.8 Å². The summed E-state index contributed by atoms with van der Waals surface area (Å²) >= 11 is 0. The quantitative estimate of drug-likeness (QED) is 0.775. The van der Waals surface area contributed by atoms with Gasteiger partial charge in [0.1, 0.15) is 5.82 Å².